The smallest absolute Gasteiger partial charge is 0.337 e. The molecule has 152 valence electrons. The summed E-state index contributed by atoms with van der Waals surface area (Å²) in [7, 11) is 1.98. The third kappa shape index (κ3) is 3.75. The molecule has 1 aromatic heterocycles. The van der Waals surface area contributed by atoms with E-state index in [-0.39, 0.29) is 0 Å². The Balaban J connectivity index is 1.97. The zero-order valence-electron chi connectivity index (χ0n) is 17.4. The molecule has 0 spiro atoms. The van der Waals surface area contributed by atoms with Gasteiger partial charge >= 0.3 is 5.97 Å². The Morgan fingerprint density at radius 3 is 2.72 bits per heavy atom. The first-order valence-corrected chi connectivity index (χ1v) is 9.99. The van der Waals surface area contributed by atoms with Crippen LogP contribution in [0.25, 0.3) is 22.0 Å². The Labute approximate surface area is 170 Å². The minimum Gasteiger partial charge on any atom is -0.493 e. The number of aliphatic carboxylic acids is 1. The average molecular weight is 393 g/mol. The van der Waals surface area contributed by atoms with E-state index in [1.54, 1.807) is 0 Å². The van der Waals surface area contributed by atoms with Crippen LogP contribution >= 0.6 is 0 Å². The lowest BCUT2D eigenvalue weighted by molar-refractivity contribution is -0.160. The number of ether oxygens (including phenoxy) is 2. The number of benzene rings is 2. The van der Waals surface area contributed by atoms with E-state index in [0.717, 1.165) is 52.8 Å². The molecule has 4 rings (SSSR count). The molecule has 1 N–H and O–H groups in total. The zero-order valence-corrected chi connectivity index (χ0v) is 17.4. The van der Waals surface area contributed by atoms with Gasteiger partial charge in [-0.1, -0.05) is 18.2 Å². The lowest BCUT2D eigenvalue weighted by atomic mass is 9.91. The highest BCUT2D eigenvalue weighted by molar-refractivity contribution is 5.98. The predicted molar refractivity (Wildman–Crippen MR) is 113 cm³/mol. The fourth-order valence-corrected chi connectivity index (χ4v) is 4.04. The molecule has 0 radical (unpaired) electrons. The number of hydrogen-bond donors (Lipinski definition) is 1. The minimum absolute atomic E-state index is 0.590. The number of carbonyl (C=O) groups is 1. The summed E-state index contributed by atoms with van der Waals surface area (Å²) in [6.07, 6.45) is 2.89. The van der Waals surface area contributed by atoms with Crippen molar-refractivity contribution in [2.24, 2.45) is 7.05 Å². The van der Waals surface area contributed by atoms with Crippen molar-refractivity contribution in [3.8, 4) is 16.9 Å². The fourth-order valence-electron chi connectivity index (χ4n) is 4.04. The van der Waals surface area contributed by atoms with Crippen LogP contribution < -0.4 is 4.74 Å². The molecule has 0 amide bonds. The van der Waals surface area contributed by atoms with E-state index in [1.807, 2.05) is 68.9 Å². The van der Waals surface area contributed by atoms with Gasteiger partial charge in [-0.2, -0.15) is 0 Å². The summed E-state index contributed by atoms with van der Waals surface area (Å²) in [5.74, 6) is -0.0719. The lowest BCUT2D eigenvalue weighted by Gasteiger charge is -2.27. The van der Waals surface area contributed by atoms with Crippen molar-refractivity contribution in [3.05, 3.63) is 53.7 Å². The van der Waals surface area contributed by atoms with Gasteiger partial charge in [-0.25, -0.2) is 4.79 Å². The molecular weight excluding hydrogens is 366 g/mol. The van der Waals surface area contributed by atoms with Crippen molar-refractivity contribution in [1.82, 2.24) is 4.57 Å². The van der Waals surface area contributed by atoms with Crippen LogP contribution in [0.3, 0.4) is 0 Å². The van der Waals surface area contributed by atoms with Gasteiger partial charge in [0.1, 0.15) is 5.75 Å². The molecule has 2 aromatic carbocycles. The summed E-state index contributed by atoms with van der Waals surface area (Å²) < 4.78 is 13.8. The highest BCUT2D eigenvalue weighted by atomic mass is 16.5. The first kappa shape index (κ1) is 19.5. The summed E-state index contributed by atoms with van der Waals surface area (Å²) in [6.45, 7) is 6.37. The van der Waals surface area contributed by atoms with E-state index in [2.05, 4.69) is 6.07 Å². The first-order chi connectivity index (χ1) is 13.7. The molecule has 3 aromatic rings. The average Bonchev–Trinajstić information content (AvgIpc) is 3.05. The molecule has 5 heteroatoms. The van der Waals surface area contributed by atoms with E-state index < -0.39 is 17.7 Å². The van der Waals surface area contributed by atoms with Gasteiger partial charge in [0.25, 0.3) is 0 Å². The van der Waals surface area contributed by atoms with Gasteiger partial charge in [-0.05, 0) is 62.9 Å². The van der Waals surface area contributed by atoms with Crippen LogP contribution in [0, 0.1) is 0 Å². The van der Waals surface area contributed by atoms with Crippen molar-refractivity contribution >= 4 is 16.9 Å². The number of carboxylic acids is 1. The number of carboxylic acid groups (broad SMARTS) is 1. The fraction of sp³-hybridized carbons (Fsp3) is 0.375. The number of hydrogen-bond acceptors (Lipinski definition) is 3. The molecule has 0 saturated heterocycles. The normalized spacial score (nSPS) is 15.0. The standard InChI is InChI=1S/C24H27NO4/c1-24(2,3)29-22(23(26)27)18-9-7-15-11-12-25(4)21(15)20(18)17-8-10-19-16(14-17)6-5-13-28-19/h7-12,14,22H,5-6,13H2,1-4H3,(H,26,27). The topological polar surface area (TPSA) is 60.7 Å². The molecule has 0 aliphatic carbocycles. The van der Waals surface area contributed by atoms with Crippen molar-refractivity contribution in [1.29, 1.82) is 0 Å². The van der Waals surface area contributed by atoms with Gasteiger partial charge < -0.3 is 19.1 Å². The van der Waals surface area contributed by atoms with Gasteiger partial charge in [-0.3, -0.25) is 0 Å². The highest BCUT2D eigenvalue weighted by Gasteiger charge is 2.30. The van der Waals surface area contributed by atoms with Crippen LogP contribution in [0.5, 0.6) is 5.75 Å². The Hall–Kier alpha value is -2.79. The van der Waals surface area contributed by atoms with Crippen molar-refractivity contribution in [2.45, 2.75) is 45.3 Å². The SMILES string of the molecule is Cn1ccc2ccc(C(OC(C)(C)C)C(=O)O)c(-c3ccc4c(c3)CCCO4)c21. The van der Waals surface area contributed by atoms with Crippen LogP contribution in [-0.4, -0.2) is 27.9 Å². The Morgan fingerprint density at radius 2 is 2.00 bits per heavy atom. The quantitative estimate of drug-likeness (QED) is 0.669. The lowest BCUT2D eigenvalue weighted by Crippen LogP contribution is -2.27. The molecule has 0 fully saturated rings. The molecule has 5 nitrogen and oxygen atoms in total. The van der Waals surface area contributed by atoms with Gasteiger partial charge in [0.15, 0.2) is 6.10 Å². The molecule has 29 heavy (non-hydrogen) atoms. The van der Waals surface area contributed by atoms with E-state index in [9.17, 15) is 9.90 Å². The van der Waals surface area contributed by atoms with Crippen LogP contribution in [0.2, 0.25) is 0 Å². The van der Waals surface area contributed by atoms with Crippen LogP contribution in [0.15, 0.2) is 42.6 Å². The number of rotatable bonds is 4. The Bertz CT molecular complexity index is 1070. The van der Waals surface area contributed by atoms with Gasteiger partial charge in [0, 0.05) is 29.8 Å². The van der Waals surface area contributed by atoms with Gasteiger partial charge in [0.2, 0.25) is 0 Å². The molecule has 0 saturated carbocycles. The molecule has 1 aliphatic heterocycles. The second-order valence-electron chi connectivity index (χ2n) is 8.62. The van der Waals surface area contributed by atoms with Crippen LogP contribution in [0.4, 0.5) is 0 Å². The van der Waals surface area contributed by atoms with Crippen LogP contribution in [-0.2, 0) is 23.0 Å². The van der Waals surface area contributed by atoms with Gasteiger partial charge in [-0.15, -0.1) is 0 Å². The number of aryl methyl sites for hydroxylation is 2. The third-order valence-electron chi connectivity index (χ3n) is 5.25. The summed E-state index contributed by atoms with van der Waals surface area (Å²) >= 11 is 0. The number of aromatic nitrogens is 1. The molecule has 2 heterocycles. The maximum Gasteiger partial charge on any atom is 0.337 e. The second-order valence-corrected chi connectivity index (χ2v) is 8.62. The Kier molecular flexibility index (Phi) is 4.87. The summed E-state index contributed by atoms with van der Waals surface area (Å²) in [4.78, 5) is 12.2. The molecule has 1 aliphatic rings. The summed E-state index contributed by atoms with van der Waals surface area (Å²) in [5, 5.41) is 11.1. The van der Waals surface area contributed by atoms with E-state index >= 15 is 0 Å². The predicted octanol–water partition coefficient (Wildman–Crippen LogP) is 5.11. The molecular formula is C24H27NO4. The molecule has 1 unspecified atom stereocenters. The highest BCUT2D eigenvalue weighted by Crippen LogP contribution is 2.40. The molecule has 0 bridgehead atoms. The third-order valence-corrected chi connectivity index (χ3v) is 5.25. The van der Waals surface area contributed by atoms with Crippen molar-refractivity contribution in [2.75, 3.05) is 6.61 Å². The van der Waals surface area contributed by atoms with Crippen molar-refractivity contribution in [3.63, 3.8) is 0 Å². The van der Waals surface area contributed by atoms with Gasteiger partial charge in [0.05, 0.1) is 17.7 Å². The summed E-state index contributed by atoms with van der Waals surface area (Å²) in [6, 6.07) is 12.1. The Morgan fingerprint density at radius 1 is 1.21 bits per heavy atom. The van der Waals surface area contributed by atoms with E-state index in [4.69, 9.17) is 9.47 Å². The maximum absolute atomic E-state index is 12.2. The first-order valence-electron chi connectivity index (χ1n) is 9.99. The number of fused-ring (bicyclic) bond motifs is 2. The van der Waals surface area contributed by atoms with E-state index in [0.29, 0.717) is 5.56 Å². The van der Waals surface area contributed by atoms with Crippen molar-refractivity contribution < 1.29 is 19.4 Å². The minimum atomic E-state index is -1.06. The maximum atomic E-state index is 12.2. The summed E-state index contributed by atoms with van der Waals surface area (Å²) in [5.41, 5.74) is 4.13. The van der Waals surface area contributed by atoms with E-state index in [1.165, 1.54) is 0 Å². The number of nitrogens with zero attached hydrogens (tertiary/aromatic N) is 1. The van der Waals surface area contributed by atoms with Crippen LogP contribution in [0.1, 0.15) is 44.4 Å². The monoisotopic (exact) mass is 393 g/mol. The largest absolute Gasteiger partial charge is 0.493 e. The second kappa shape index (κ2) is 7.23. The zero-order chi connectivity index (χ0) is 20.8. The molecule has 1 atom stereocenters.